The molecule has 0 aliphatic heterocycles. The van der Waals surface area contributed by atoms with Gasteiger partial charge in [-0.2, -0.15) is 4.98 Å². The number of aromatic nitrogens is 2. The molecule has 1 aromatic heterocycles. The van der Waals surface area contributed by atoms with E-state index in [0.717, 1.165) is 5.56 Å². The van der Waals surface area contributed by atoms with Crippen molar-refractivity contribution in [2.45, 2.75) is 4.90 Å². The number of nitrogens with zero attached hydrogens (tertiary/aromatic N) is 2. The SMILES string of the molecule is NS(=O)(=O)c1ccc(NC(=O)c2ccc(-c3nc(-c4ccccc4)no3)cc2)cc1. The van der Waals surface area contributed by atoms with E-state index in [1.807, 2.05) is 30.3 Å². The fraction of sp³-hybridized carbons (Fsp3) is 0. The van der Waals surface area contributed by atoms with E-state index in [1.54, 1.807) is 24.3 Å². The van der Waals surface area contributed by atoms with E-state index in [0.29, 0.717) is 28.5 Å². The van der Waals surface area contributed by atoms with Crippen molar-refractivity contribution in [2.24, 2.45) is 5.14 Å². The van der Waals surface area contributed by atoms with Crippen LogP contribution in [0.5, 0.6) is 0 Å². The van der Waals surface area contributed by atoms with E-state index < -0.39 is 10.0 Å². The third kappa shape index (κ3) is 4.27. The maximum absolute atomic E-state index is 12.4. The van der Waals surface area contributed by atoms with Gasteiger partial charge in [0.15, 0.2) is 0 Å². The molecule has 1 amide bonds. The molecule has 30 heavy (non-hydrogen) atoms. The van der Waals surface area contributed by atoms with Crippen LogP contribution in [-0.4, -0.2) is 24.5 Å². The largest absolute Gasteiger partial charge is 0.334 e. The lowest BCUT2D eigenvalue weighted by Crippen LogP contribution is -2.13. The molecule has 0 unspecified atom stereocenters. The third-order valence-electron chi connectivity index (χ3n) is 4.29. The quantitative estimate of drug-likeness (QED) is 0.510. The second kappa shape index (κ2) is 7.90. The van der Waals surface area contributed by atoms with Gasteiger partial charge in [0, 0.05) is 22.4 Å². The van der Waals surface area contributed by atoms with Crippen LogP contribution in [0.2, 0.25) is 0 Å². The lowest BCUT2D eigenvalue weighted by atomic mass is 10.1. The summed E-state index contributed by atoms with van der Waals surface area (Å²) in [6, 6.07) is 21.7. The van der Waals surface area contributed by atoms with Crippen molar-refractivity contribution in [3.8, 4) is 22.8 Å². The summed E-state index contributed by atoms with van der Waals surface area (Å²) < 4.78 is 27.9. The number of primary sulfonamides is 1. The molecule has 150 valence electrons. The molecule has 0 atom stereocenters. The summed E-state index contributed by atoms with van der Waals surface area (Å²) in [7, 11) is -3.78. The number of carbonyl (C=O) groups excluding carboxylic acids is 1. The van der Waals surface area contributed by atoms with E-state index >= 15 is 0 Å². The highest BCUT2D eigenvalue weighted by Gasteiger charge is 2.13. The molecule has 0 saturated heterocycles. The number of hydrogen-bond donors (Lipinski definition) is 2. The van der Waals surface area contributed by atoms with Crippen LogP contribution < -0.4 is 10.5 Å². The Morgan fingerprint density at radius 3 is 2.17 bits per heavy atom. The summed E-state index contributed by atoms with van der Waals surface area (Å²) in [5.74, 6) is 0.482. The summed E-state index contributed by atoms with van der Waals surface area (Å²) in [5, 5.41) is 11.7. The average Bonchev–Trinajstić information content (AvgIpc) is 3.24. The van der Waals surface area contributed by atoms with E-state index in [2.05, 4.69) is 15.5 Å². The van der Waals surface area contributed by atoms with Crippen molar-refractivity contribution in [3.05, 3.63) is 84.4 Å². The van der Waals surface area contributed by atoms with Gasteiger partial charge in [-0.05, 0) is 48.5 Å². The lowest BCUT2D eigenvalue weighted by molar-refractivity contribution is 0.102. The molecule has 3 N–H and O–H groups in total. The Labute approximate surface area is 172 Å². The average molecular weight is 420 g/mol. The van der Waals surface area contributed by atoms with Gasteiger partial charge >= 0.3 is 0 Å². The molecule has 4 aromatic rings. The lowest BCUT2D eigenvalue weighted by Gasteiger charge is -2.06. The minimum absolute atomic E-state index is 0.0284. The van der Waals surface area contributed by atoms with Gasteiger partial charge in [-0.1, -0.05) is 35.5 Å². The molecule has 9 heteroatoms. The van der Waals surface area contributed by atoms with E-state index in [-0.39, 0.29) is 10.8 Å². The first-order chi connectivity index (χ1) is 14.4. The molecule has 0 bridgehead atoms. The second-order valence-corrected chi connectivity index (χ2v) is 7.95. The van der Waals surface area contributed by atoms with E-state index in [9.17, 15) is 13.2 Å². The van der Waals surface area contributed by atoms with Gasteiger partial charge in [-0.3, -0.25) is 4.79 Å². The summed E-state index contributed by atoms with van der Waals surface area (Å²) in [6.45, 7) is 0. The predicted octanol–water partition coefficient (Wildman–Crippen LogP) is 3.30. The number of benzene rings is 3. The number of nitrogens with two attached hydrogens (primary N) is 1. The molecule has 8 nitrogen and oxygen atoms in total. The molecule has 0 spiro atoms. The molecule has 3 aromatic carbocycles. The fourth-order valence-corrected chi connectivity index (χ4v) is 3.26. The Morgan fingerprint density at radius 2 is 1.53 bits per heavy atom. The Morgan fingerprint density at radius 1 is 0.867 bits per heavy atom. The number of carbonyl (C=O) groups is 1. The molecular formula is C21H16N4O4S. The normalized spacial score (nSPS) is 11.2. The number of hydrogen-bond acceptors (Lipinski definition) is 6. The first-order valence-electron chi connectivity index (χ1n) is 8.84. The maximum atomic E-state index is 12.4. The first-order valence-corrected chi connectivity index (χ1v) is 10.4. The number of nitrogens with one attached hydrogen (secondary N) is 1. The highest BCUT2D eigenvalue weighted by Crippen LogP contribution is 2.22. The molecule has 0 radical (unpaired) electrons. The number of sulfonamides is 1. The molecule has 1 heterocycles. The van der Waals surface area contributed by atoms with Crippen molar-refractivity contribution in [1.29, 1.82) is 0 Å². The molecule has 0 aliphatic rings. The zero-order valence-electron chi connectivity index (χ0n) is 15.5. The van der Waals surface area contributed by atoms with Gasteiger partial charge in [0.05, 0.1) is 4.90 Å². The van der Waals surface area contributed by atoms with Crippen LogP contribution in [0.15, 0.2) is 88.3 Å². The number of rotatable bonds is 5. The smallest absolute Gasteiger partial charge is 0.258 e. The van der Waals surface area contributed by atoms with Crippen molar-refractivity contribution < 1.29 is 17.7 Å². The number of anilines is 1. The van der Waals surface area contributed by atoms with Crippen LogP contribution in [0.4, 0.5) is 5.69 Å². The topological polar surface area (TPSA) is 128 Å². The van der Waals surface area contributed by atoms with E-state index in [4.69, 9.17) is 9.66 Å². The summed E-state index contributed by atoms with van der Waals surface area (Å²) in [5.41, 5.74) is 2.38. The Balaban J connectivity index is 1.47. The van der Waals surface area contributed by atoms with Crippen molar-refractivity contribution >= 4 is 21.6 Å². The summed E-state index contributed by atoms with van der Waals surface area (Å²) >= 11 is 0. The van der Waals surface area contributed by atoms with Crippen LogP contribution in [0.1, 0.15) is 10.4 Å². The second-order valence-electron chi connectivity index (χ2n) is 6.39. The molecule has 0 saturated carbocycles. The van der Waals surface area contributed by atoms with Crippen molar-refractivity contribution in [1.82, 2.24) is 10.1 Å². The highest BCUT2D eigenvalue weighted by atomic mass is 32.2. The fourth-order valence-electron chi connectivity index (χ4n) is 2.74. The first kappa shape index (κ1) is 19.5. The van der Waals surface area contributed by atoms with Crippen molar-refractivity contribution in [2.75, 3.05) is 5.32 Å². The van der Waals surface area contributed by atoms with Gasteiger partial charge < -0.3 is 9.84 Å². The van der Waals surface area contributed by atoms with Crippen molar-refractivity contribution in [3.63, 3.8) is 0 Å². The van der Waals surface area contributed by atoms with Crippen LogP contribution in [-0.2, 0) is 10.0 Å². The molecule has 0 fully saturated rings. The van der Waals surface area contributed by atoms with Crippen LogP contribution >= 0.6 is 0 Å². The summed E-state index contributed by atoms with van der Waals surface area (Å²) in [4.78, 5) is 16.8. The Kier molecular flexibility index (Phi) is 5.13. The predicted molar refractivity (Wildman–Crippen MR) is 111 cm³/mol. The van der Waals surface area contributed by atoms with Gasteiger partial charge in [0.1, 0.15) is 0 Å². The Bertz CT molecular complexity index is 1280. The number of amides is 1. The maximum Gasteiger partial charge on any atom is 0.258 e. The zero-order chi connectivity index (χ0) is 21.1. The molecule has 4 rings (SSSR count). The van der Waals surface area contributed by atoms with Crippen LogP contribution in [0.25, 0.3) is 22.8 Å². The van der Waals surface area contributed by atoms with E-state index in [1.165, 1.54) is 24.3 Å². The van der Waals surface area contributed by atoms with Gasteiger partial charge in [0.25, 0.3) is 11.8 Å². The Hall–Kier alpha value is -3.82. The molecule has 0 aliphatic carbocycles. The van der Waals surface area contributed by atoms with Gasteiger partial charge in [-0.25, -0.2) is 13.6 Å². The standard InChI is InChI=1S/C21H16N4O4S/c22-30(27,28)18-12-10-17(11-13-18)23-20(26)15-6-8-16(9-7-15)21-24-19(25-29-21)14-4-2-1-3-5-14/h1-13H,(H,23,26)(H2,22,27,28). The zero-order valence-corrected chi connectivity index (χ0v) is 16.3. The van der Waals surface area contributed by atoms with Gasteiger partial charge in [-0.15, -0.1) is 0 Å². The monoisotopic (exact) mass is 420 g/mol. The van der Waals surface area contributed by atoms with Crippen LogP contribution in [0.3, 0.4) is 0 Å². The minimum Gasteiger partial charge on any atom is -0.334 e. The summed E-state index contributed by atoms with van der Waals surface area (Å²) in [6.07, 6.45) is 0. The minimum atomic E-state index is -3.78. The molecular weight excluding hydrogens is 404 g/mol. The highest BCUT2D eigenvalue weighted by molar-refractivity contribution is 7.89. The third-order valence-corrected chi connectivity index (χ3v) is 5.22. The van der Waals surface area contributed by atoms with Gasteiger partial charge in [0.2, 0.25) is 15.8 Å². The van der Waals surface area contributed by atoms with Crippen LogP contribution in [0, 0.1) is 0 Å².